The molecule has 0 heterocycles. The van der Waals surface area contributed by atoms with Crippen LogP contribution in [0.3, 0.4) is 0 Å². The Labute approximate surface area is 92.0 Å². The first-order chi connectivity index (χ1) is 7.61. The van der Waals surface area contributed by atoms with E-state index in [0.717, 1.165) is 0 Å². The number of hydrogen-bond acceptors (Lipinski definition) is 3. The van der Waals surface area contributed by atoms with Crippen LogP contribution in [0.2, 0.25) is 0 Å². The predicted molar refractivity (Wildman–Crippen MR) is 53.4 cm³/mol. The van der Waals surface area contributed by atoms with Gasteiger partial charge in [0.1, 0.15) is 5.75 Å². The van der Waals surface area contributed by atoms with Crippen LogP contribution in [0.4, 0.5) is 8.78 Å². The SMILES string of the molecule is CCOC(=O)Cc1ccc(OC(F)F)cc1. The number of esters is 1. The number of carbonyl (C=O) groups excluding carboxylic acids is 1. The van der Waals surface area contributed by atoms with Crippen molar-refractivity contribution in [3.05, 3.63) is 29.8 Å². The molecule has 1 rings (SSSR count). The summed E-state index contributed by atoms with van der Waals surface area (Å²) in [6, 6.07) is 5.88. The largest absolute Gasteiger partial charge is 0.466 e. The summed E-state index contributed by atoms with van der Waals surface area (Å²) in [5.74, 6) is -0.271. The number of rotatable bonds is 5. The molecule has 1 aromatic carbocycles. The van der Waals surface area contributed by atoms with Crippen LogP contribution >= 0.6 is 0 Å². The van der Waals surface area contributed by atoms with Crippen LogP contribution < -0.4 is 4.74 Å². The number of ether oxygens (including phenoxy) is 2. The first-order valence-corrected chi connectivity index (χ1v) is 4.81. The minimum atomic E-state index is -2.84. The summed E-state index contributed by atoms with van der Waals surface area (Å²) in [7, 11) is 0. The van der Waals surface area contributed by atoms with Crippen LogP contribution in [-0.4, -0.2) is 19.2 Å². The molecule has 0 saturated carbocycles. The van der Waals surface area contributed by atoms with Crippen molar-refractivity contribution in [2.75, 3.05) is 6.61 Å². The molecule has 88 valence electrons. The van der Waals surface area contributed by atoms with Crippen molar-refractivity contribution in [3.63, 3.8) is 0 Å². The van der Waals surface area contributed by atoms with Gasteiger partial charge in [-0.25, -0.2) is 0 Å². The first-order valence-electron chi connectivity index (χ1n) is 4.81. The summed E-state index contributed by atoms with van der Waals surface area (Å²) in [4.78, 5) is 11.1. The minimum Gasteiger partial charge on any atom is -0.466 e. The molecule has 0 amide bonds. The quantitative estimate of drug-likeness (QED) is 0.728. The highest BCUT2D eigenvalue weighted by atomic mass is 19.3. The third-order valence-electron chi connectivity index (χ3n) is 1.80. The molecule has 0 atom stereocenters. The van der Waals surface area contributed by atoms with Gasteiger partial charge in [0.2, 0.25) is 0 Å². The molecule has 0 unspecified atom stereocenters. The molecule has 0 aliphatic carbocycles. The van der Waals surface area contributed by atoms with E-state index in [4.69, 9.17) is 4.74 Å². The van der Waals surface area contributed by atoms with Gasteiger partial charge in [0, 0.05) is 0 Å². The molecule has 5 heteroatoms. The van der Waals surface area contributed by atoms with Crippen LogP contribution in [0.15, 0.2) is 24.3 Å². The van der Waals surface area contributed by atoms with Gasteiger partial charge in [-0.2, -0.15) is 8.78 Å². The Balaban J connectivity index is 2.54. The van der Waals surface area contributed by atoms with Crippen molar-refractivity contribution in [3.8, 4) is 5.75 Å². The lowest BCUT2D eigenvalue weighted by molar-refractivity contribution is -0.142. The number of hydrogen-bond donors (Lipinski definition) is 0. The lowest BCUT2D eigenvalue weighted by Crippen LogP contribution is -2.07. The summed E-state index contributed by atoms with van der Waals surface area (Å²) in [5.41, 5.74) is 0.695. The van der Waals surface area contributed by atoms with Crippen LogP contribution in [0.25, 0.3) is 0 Å². The van der Waals surface area contributed by atoms with Gasteiger partial charge in [0.25, 0.3) is 0 Å². The summed E-state index contributed by atoms with van der Waals surface area (Å²) >= 11 is 0. The Morgan fingerprint density at radius 3 is 2.44 bits per heavy atom. The fraction of sp³-hybridized carbons (Fsp3) is 0.364. The highest BCUT2D eigenvalue weighted by Gasteiger charge is 2.06. The molecular formula is C11H12F2O3. The maximum absolute atomic E-state index is 11.8. The smallest absolute Gasteiger partial charge is 0.387 e. The van der Waals surface area contributed by atoms with Gasteiger partial charge < -0.3 is 9.47 Å². The third kappa shape index (κ3) is 4.25. The lowest BCUT2D eigenvalue weighted by atomic mass is 10.1. The van der Waals surface area contributed by atoms with Crippen LogP contribution in [0, 0.1) is 0 Å². The average molecular weight is 230 g/mol. The number of carbonyl (C=O) groups is 1. The van der Waals surface area contributed by atoms with E-state index in [1.54, 1.807) is 19.1 Å². The number of benzene rings is 1. The van der Waals surface area contributed by atoms with Crippen LogP contribution in [0.5, 0.6) is 5.75 Å². The molecule has 0 saturated heterocycles. The molecule has 1 aromatic rings. The molecule has 16 heavy (non-hydrogen) atoms. The molecule has 0 aliphatic heterocycles. The Kier molecular flexibility index (Phi) is 4.69. The second-order valence-corrected chi connectivity index (χ2v) is 3.00. The van der Waals surface area contributed by atoms with Gasteiger partial charge in [-0.05, 0) is 24.6 Å². The fourth-order valence-electron chi connectivity index (χ4n) is 1.17. The maximum atomic E-state index is 11.8. The summed E-state index contributed by atoms with van der Waals surface area (Å²) < 4.78 is 32.6. The van der Waals surface area contributed by atoms with E-state index in [0.29, 0.717) is 12.2 Å². The minimum absolute atomic E-state index is 0.0719. The van der Waals surface area contributed by atoms with E-state index in [2.05, 4.69) is 4.74 Å². The van der Waals surface area contributed by atoms with E-state index < -0.39 is 6.61 Å². The van der Waals surface area contributed by atoms with Gasteiger partial charge in [0.15, 0.2) is 0 Å². The van der Waals surface area contributed by atoms with Crippen LogP contribution in [-0.2, 0) is 16.0 Å². The van der Waals surface area contributed by atoms with Crippen molar-refractivity contribution in [1.29, 1.82) is 0 Å². The first kappa shape index (κ1) is 12.4. The van der Waals surface area contributed by atoms with Gasteiger partial charge in [-0.15, -0.1) is 0 Å². The number of alkyl halides is 2. The molecule has 0 spiro atoms. The normalized spacial score (nSPS) is 10.2. The monoisotopic (exact) mass is 230 g/mol. The second-order valence-electron chi connectivity index (χ2n) is 3.00. The molecule has 0 N–H and O–H groups in total. The maximum Gasteiger partial charge on any atom is 0.387 e. The van der Waals surface area contributed by atoms with E-state index in [-0.39, 0.29) is 18.1 Å². The van der Waals surface area contributed by atoms with Gasteiger partial charge in [-0.3, -0.25) is 4.79 Å². The van der Waals surface area contributed by atoms with E-state index in [9.17, 15) is 13.6 Å². The predicted octanol–water partition coefficient (Wildman–Crippen LogP) is 2.39. The molecule has 0 bridgehead atoms. The molecule has 0 aliphatic rings. The van der Waals surface area contributed by atoms with Crippen LogP contribution in [0.1, 0.15) is 12.5 Å². The van der Waals surface area contributed by atoms with Gasteiger partial charge >= 0.3 is 12.6 Å². The van der Waals surface area contributed by atoms with Crippen molar-refractivity contribution in [2.24, 2.45) is 0 Å². The Morgan fingerprint density at radius 2 is 1.94 bits per heavy atom. The number of halogens is 2. The van der Waals surface area contributed by atoms with E-state index in [1.807, 2.05) is 0 Å². The molecular weight excluding hydrogens is 218 g/mol. The standard InChI is InChI=1S/C11H12F2O3/c1-2-15-10(14)7-8-3-5-9(6-4-8)16-11(12)13/h3-6,11H,2,7H2,1H3. The average Bonchev–Trinajstić information content (AvgIpc) is 2.20. The van der Waals surface area contributed by atoms with Crippen molar-refractivity contribution < 1.29 is 23.0 Å². The lowest BCUT2D eigenvalue weighted by Gasteiger charge is -2.05. The highest BCUT2D eigenvalue weighted by molar-refractivity contribution is 5.72. The van der Waals surface area contributed by atoms with Crippen molar-refractivity contribution >= 4 is 5.97 Å². The van der Waals surface area contributed by atoms with Crippen molar-refractivity contribution in [1.82, 2.24) is 0 Å². The zero-order chi connectivity index (χ0) is 12.0. The van der Waals surface area contributed by atoms with Gasteiger partial charge in [0.05, 0.1) is 13.0 Å². The fourth-order valence-corrected chi connectivity index (χ4v) is 1.17. The Hall–Kier alpha value is -1.65. The zero-order valence-corrected chi connectivity index (χ0v) is 8.78. The molecule has 0 fully saturated rings. The third-order valence-corrected chi connectivity index (χ3v) is 1.80. The molecule has 0 aromatic heterocycles. The molecule has 0 radical (unpaired) electrons. The summed E-state index contributed by atoms with van der Waals surface area (Å²) in [6.45, 7) is -0.793. The zero-order valence-electron chi connectivity index (χ0n) is 8.78. The summed E-state index contributed by atoms with van der Waals surface area (Å²) in [5, 5.41) is 0. The topological polar surface area (TPSA) is 35.5 Å². The molecule has 3 nitrogen and oxygen atoms in total. The van der Waals surface area contributed by atoms with E-state index >= 15 is 0 Å². The Bertz CT molecular complexity index is 336. The second kappa shape index (κ2) is 6.05. The van der Waals surface area contributed by atoms with Crippen molar-refractivity contribution in [2.45, 2.75) is 20.0 Å². The van der Waals surface area contributed by atoms with E-state index in [1.165, 1.54) is 12.1 Å². The summed E-state index contributed by atoms with van der Waals surface area (Å²) in [6.07, 6.45) is 0.128. The highest BCUT2D eigenvalue weighted by Crippen LogP contribution is 2.15. The van der Waals surface area contributed by atoms with Gasteiger partial charge in [-0.1, -0.05) is 12.1 Å². The Morgan fingerprint density at radius 1 is 1.31 bits per heavy atom.